The lowest BCUT2D eigenvalue weighted by Gasteiger charge is -2.82. The average Bonchev–Trinajstić information content (AvgIpc) is 2.68. The highest BCUT2D eigenvalue weighted by atomic mass is 16.6. The van der Waals surface area contributed by atoms with Gasteiger partial charge >= 0.3 is 11.9 Å². The monoisotopic (exact) mass is 417 g/mol. The number of hydrogen-bond donors (Lipinski definition) is 0. The van der Waals surface area contributed by atoms with Crippen molar-refractivity contribution in [1.29, 1.82) is 0 Å². The Morgan fingerprint density at radius 1 is 1.17 bits per heavy atom. The highest BCUT2D eigenvalue weighted by Gasteiger charge is 2.79. The summed E-state index contributed by atoms with van der Waals surface area (Å²) in [5.41, 5.74) is -0.00472. The second kappa shape index (κ2) is 6.70. The Kier molecular flexibility index (Phi) is 4.64. The zero-order valence-electron chi connectivity index (χ0n) is 19.4. The Balaban J connectivity index is 1.68. The van der Waals surface area contributed by atoms with Gasteiger partial charge in [-0.15, -0.1) is 0 Å². The maximum absolute atomic E-state index is 12.3. The summed E-state index contributed by atoms with van der Waals surface area (Å²) in [6.45, 7) is 9.92. The van der Waals surface area contributed by atoms with Gasteiger partial charge in [0.15, 0.2) is 5.72 Å². The van der Waals surface area contributed by atoms with E-state index in [9.17, 15) is 9.59 Å². The number of ether oxygens (including phenoxy) is 2. The largest absolute Gasteiger partial charge is 0.469 e. The maximum atomic E-state index is 12.3. The van der Waals surface area contributed by atoms with E-state index in [1.165, 1.54) is 32.8 Å². The molecule has 0 radical (unpaired) electrons. The Hall–Kier alpha value is -1.10. The van der Waals surface area contributed by atoms with Crippen molar-refractivity contribution in [3.05, 3.63) is 0 Å². The lowest BCUT2D eigenvalue weighted by atomic mass is 9.31. The molecule has 3 heterocycles. The molecule has 30 heavy (non-hydrogen) atoms. The zero-order chi connectivity index (χ0) is 21.5. The Morgan fingerprint density at radius 3 is 2.60 bits per heavy atom. The van der Waals surface area contributed by atoms with Crippen LogP contribution in [0.1, 0.15) is 79.1 Å². The van der Waals surface area contributed by atoms with Crippen LogP contribution >= 0.6 is 0 Å². The number of carbonyl (C=O) groups excluding carboxylic acids is 2. The number of esters is 2. The van der Waals surface area contributed by atoms with E-state index in [-0.39, 0.29) is 22.8 Å². The summed E-state index contributed by atoms with van der Waals surface area (Å²) in [5.74, 6) is 2.56. The molecule has 8 bridgehead atoms. The highest BCUT2D eigenvalue weighted by molar-refractivity contribution is 5.69. The molecule has 1 unspecified atom stereocenters. The van der Waals surface area contributed by atoms with Gasteiger partial charge in [-0.2, -0.15) is 0 Å². The second-order valence-corrected chi connectivity index (χ2v) is 11.6. The third-order valence-corrected chi connectivity index (χ3v) is 10.6. The van der Waals surface area contributed by atoms with Crippen molar-refractivity contribution in [2.75, 3.05) is 13.7 Å². The molecule has 6 aliphatic rings. The van der Waals surface area contributed by atoms with Gasteiger partial charge in [0.2, 0.25) is 0 Å². The summed E-state index contributed by atoms with van der Waals surface area (Å²) >= 11 is 0. The first-order chi connectivity index (χ1) is 14.2. The SMILES string of the molecule is COC(=O)CC[C@]12[C@@H]3[C@@H](C(C)C)CC[C@]1(C)[C@@H]1C[C@@H]4[C@@H]2CCC[C@]4(OC(C)=O)N3C1. The van der Waals surface area contributed by atoms with E-state index in [1.54, 1.807) is 6.92 Å². The van der Waals surface area contributed by atoms with Crippen molar-refractivity contribution in [2.24, 2.45) is 40.4 Å². The van der Waals surface area contributed by atoms with E-state index < -0.39 is 5.72 Å². The predicted octanol–water partition coefficient (Wildman–Crippen LogP) is 4.39. The molecule has 0 N–H and O–H groups in total. The smallest absolute Gasteiger partial charge is 0.305 e. The van der Waals surface area contributed by atoms with Crippen LogP contribution in [0.3, 0.4) is 0 Å². The van der Waals surface area contributed by atoms with E-state index in [0.717, 1.165) is 25.8 Å². The summed E-state index contributed by atoms with van der Waals surface area (Å²) in [6.07, 6.45) is 8.45. The maximum Gasteiger partial charge on any atom is 0.305 e. The van der Waals surface area contributed by atoms with Gasteiger partial charge in [-0.3, -0.25) is 14.5 Å². The highest BCUT2D eigenvalue weighted by Crippen LogP contribution is 2.78. The van der Waals surface area contributed by atoms with Gasteiger partial charge in [-0.05, 0) is 73.0 Å². The van der Waals surface area contributed by atoms with Gasteiger partial charge in [-0.1, -0.05) is 20.8 Å². The van der Waals surface area contributed by atoms with Crippen molar-refractivity contribution < 1.29 is 19.1 Å². The van der Waals surface area contributed by atoms with E-state index in [4.69, 9.17) is 9.47 Å². The summed E-state index contributed by atoms with van der Waals surface area (Å²) in [7, 11) is 1.51. The lowest BCUT2D eigenvalue weighted by Crippen LogP contribution is -2.86. The molecule has 5 heteroatoms. The van der Waals surface area contributed by atoms with Crippen LogP contribution in [0.4, 0.5) is 0 Å². The van der Waals surface area contributed by atoms with Gasteiger partial charge in [0.05, 0.1) is 7.11 Å². The normalized spacial score (nSPS) is 50.5. The molecule has 9 atom stereocenters. The molecule has 3 saturated carbocycles. The van der Waals surface area contributed by atoms with Crippen molar-refractivity contribution in [1.82, 2.24) is 4.90 Å². The first-order valence-electron chi connectivity index (χ1n) is 12.2. The molecule has 0 aromatic carbocycles. The van der Waals surface area contributed by atoms with Crippen molar-refractivity contribution in [3.8, 4) is 0 Å². The third kappa shape index (κ3) is 2.34. The van der Waals surface area contributed by atoms with Crippen LogP contribution in [0.25, 0.3) is 0 Å². The van der Waals surface area contributed by atoms with Crippen LogP contribution in [0.5, 0.6) is 0 Å². The molecule has 0 aromatic rings. The number of carbonyl (C=O) groups is 2. The molecule has 0 amide bonds. The van der Waals surface area contributed by atoms with Crippen LogP contribution in [0, 0.1) is 40.4 Å². The molecule has 3 aliphatic carbocycles. The summed E-state index contributed by atoms with van der Waals surface area (Å²) < 4.78 is 11.4. The minimum Gasteiger partial charge on any atom is -0.469 e. The first kappa shape index (κ1) is 20.8. The first-order valence-corrected chi connectivity index (χ1v) is 12.2. The third-order valence-electron chi connectivity index (χ3n) is 10.6. The molecule has 3 saturated heterocycles. The number of nitrogens with zero attached hydrogens (tertiary/aromatic N) is 1. The Bertz CT molecular complexity index is 751. The summed E-state index contributed by atoms with van der Waals surface area (Å²) in [6, 6.07) is 0.401. The van der Waals surface area contributed by atoms with Gasteiger partial charge in [0.1, 0.15) is 0 Å². The van der Waals surface area contributed by atoms with Crippen molar-refractivity contribution >= 4 is 11.9 Å². The van der Waals surface area contributed by atoms with E-state index >= 15 is 0 Å². The minimum absolute atomic E-state index is 0.0782. The van der Waals surface area contributed by atoms with E-state index in [2.05, 4.69) is 25.7 Å². The number of rotatable bonds is 5. The summed E-state index contributed by atoms with van der Waals surface area (Å²) in [4.78, 5) is 27.3. The number of hydrogen-bond acceptors (Lipinski definition) is 5. The summed E-state index contributed by atoms with van der Waals surface area (Å²) in [5, 5.41) is 0. The van der Waals surface area contributed by atoms with Crippen LogP contribution in [0.15, 0.2) is 0 Å². The van der Waals surface area contributed by atoms with Gasteiger partial charge in [0, 0.05) is 38.3 Å². The standard InChI is InChI=1S/C25H39NO4/c1-15(2)18-8-11-23(4)17-13-20-19-7-6-10-25(20,30-16(3)27)26(14-17)22(18)24(19,23)12-9-21(28)29-5/h15,17-20,22H,6-14H2,1-5H3/t17-,18-,19+,20-,22+,23-,24+,25-/m1/s1. The van der Waals surface area contributed by atoms with Gasteiger partial charge in [-0.25, -0.2) is 0 Å². The Labute approximate surface area is 181 Å². The Morgan fingerprint density at radius 2 is 1.93 bits per heavy atom. The molecule has 6 fully saturated rings. The fourth-order valence-electron chi connectivity index (χ4n) is 9.66. The molecule has 0 aromatic heterocycles. The molecule has 0 spiro atoms. The van der Waals surface area contributed by atoms with E-state index in [1.807, 2.05) is 0 Å². The van der Waals surface area contributed by atoms with Crippen LogP contribution in [-0.4, -0.2) is 42.3 Å². The minimum atomic E-state index is -0.406. The zero-order valence-corrected chi connectivity index (χ0v) is 19.4. The van der Waals surface area contributed by atoms with Crippen molar-refractivity contribution in [3.63, 3.8) is 0 Å². The molecule has 6 rings (SSSR count). The topological polar surface area (TPSA) is 55.8 Å². The molecule has 5 nitrogen and oxygen atoms in total. The second-order valence-electron chi connectivity index (χ2n) is 11.6. The molecular formula is C25H39NO4. The fraction of sp³-hybridized carbons (Fsp3) is 0.920. The fourth-order valence-corrected chi connectivity index (χ4v) is 9.66. The quantitative estimate of drug-likeness (QED) is 0.621. The number of methoxy groups -OCH3 is 1. The molecule has 3 aliphatic heterocycles. The average molecular weight is 418 g/mol. The van der Waals surface area contributed by atoms with Gasteiger partial charge < -0.3 is 9.47 Å². The lowest BCUT2D eigenvalue weighted by molar-refractivity contribution is -0.388. The van der Waals surface area contributed by atoms with E-state index in [0.29, 0.717) is 42.1 Å². The van der Waals surface area contributed by atoms with Gasteiger partial charge in [0.25, 0.3) is 0 Å². The molecule has 168 valence electrons. The van der Waals surface area contributed by atoms with Crippen molar-refractivity contribution in [2.45, 2.75) is 90.8 Å². The van der Waals surface area contributed by atoms with Crippen LogP contribution in [-0.2, 0) is 19.1 Å². The molecular weight excluding hydrogens is 378 g/mol. The predicted molar refractivity (Wildman–Crippen MR) is 113 cm³/mol. The van der Waals surface area contributed by atoms with Crippen LogP contribution < -0.4 is 0 Å². The number of piperidine rings is 3. The van der Waals surface area contributed by atoms with Crippen LogP contribution in [0.2, 0.25) is 0 Å².